The van der Waals surface area contributed by atoms with Crippen molar-refractivity contribution < 1.29 is 13.2 Å². The molecule has 1 aliphatic heterocycles. The van der Waals surface area contributed by atoms with E-state index in [1.807, 2.05) is 0 Å². The lowest BCUT2D eigenvalue weighted by atomic mass is 10.2. The van der Waals surface area contributed by atoms with E-state index >= 15 is 0 Å². The molecule has 1 aliphatic rings. The second-order valence-electron chi connectivity index (χ2n) is 2.16. The second-order valence-corrected chi connectivity index (χ2v) is 2.76. The number of dihydropyridines is 1. The maximum absolute atomic E-state index is 11.9. The van der Waals surface area contributed by atoms with Gasteiger partial charge in [-0.2, -0.15) is 25.8 Å². The quantitative estimate of drug-likeness (QED) is 0.432. The van der Waals surface area contributed by atoms with Crippen LogP contribution in [0.2, 0.25) is 0 Å². The average molecular weight is 181 g/mol. The van der Waals surface area contributed by atoms with E-state index in [4.69, 9.17) is 0 Å². The fourth-order valence-electron chi connectivity index (χ4n) is 0.693. The van der Waals surface area contributed by atoms with Crippen molar-refractivity contribution in [2.45, 2.75) is 17.5 Å². The third-order valence-corrected chi connectivity index (χ3v) is 1.53. The molecule has 2 atom stereocenters. The van der Waals surface area contributed by atoms with E-state index < -0.39 is 12.2 Å². The van der Waals surface area contributed by atoms with E-state index in [1.54, 1.807) is 0 Å². The smallest absolute Gasteiger partial charge is 0.279 e. The Hall–Kier alpha value is -0.450. The van der Waals surface area contributed by atoms with Gasteiger partial charge in [-0.15, -0.1) is 0 Å². The van der Waals surface area contributed by atoms with E-state index in [9.17, 15) is 13.2 Å². The zero-order chi connectivity index (χ0) is 8.48. The van der Waals surface area contributed by atoms with Crippen LogP contribution in [0.5, 0.6) is 0 Å². The molecule has 1 nitrogen and oxygen atoms in total. The summed E-state index contributed by atoms with van der Waals surface area (Å²) in [5.74, 6) is 0. The third kappa shape index (κ3) is 2.25. The first-order chi connectivity index (χ1) is 5.00. The fourth-order valence-corrected chi connectivity index (χ4v) is 0.869. The van der Waals surface area contributed by atoms with Crippen LogP contribution in [0.15, 0.2) is 17.1 Å². The highest BCUT2D eigenvalue weighted by Gasteiger charge is 2.38. The highest BCUT2D eigenvalue weighted by Crippen LogP contribution is 2.25. The molecule has 62 valence electrons. The van der Waals surface area contributed by atoms with Gasteiger partial charge in [0, 0.05) is 6.21 Å². The normalized spacial score (nSPS) is 30.9. The van der Waals surface area contributed by atoms with E-state index in [-0.39, 0.29) is 5.25 Å². The number of halogens is 3. The minimum Gasteiger partial charge on any atom is -0.279 e. The van der Waals surface area contributed by atoms with Crippen LogP contribution in [0.1, 0.15) is 0 Å². The maximum atomic E-state index is 11.9. The summed E-state index contributed by atoms with van der Waals surface area (Å²) in [6.45, 7) is 0. The fraction of sp³-hybridized carbons (Fsp3) is 0.500. The van der Waals surface area contributed by atoms with Gasteiger partial charge in [-0.3, -0.25) is 4.99 Å². The Balaban J connectivity index is 2.66. The summed E-state index contributed by atoms with van der Waals surface area (Å²) in [7, 11) is 0. The van der Waals surface area contributed by atoms with E-state index in [0.717, 1.165) is 6.08 Å². The van der Waals surface area contributed by atoms with Gasteiger partial charge in [0.25, 0.3) is 0 Å². The van der Waals surface area contributed by atoms with Crippen molar-refractivity contribution in [2.24, 2.45) is 4.99 Å². The number of nitrogens with zero attached hydrogens (tertiary/aromatic N) is 1. The summed E-state index contributed by atoms with van der Waals surface area (Å²) in [6, 6.07) is -1.68. The van der Waals surface area contributed by atoms with Crippen LogP contribution < -0.4 is 0 Å². The van der Waals surface area contributed by atoms with Crippen molar-refractivity contribution in [3.8, 4) is 0 Å². The zero-order valence-corrected chi connectivity index (χ0v) is 6.31. The lowest BCUT2D eigenvalue weighted by Crippen LogP contribution is -2.27. The van der Waals surface area contributed by atoms with Gasteiger partial charge in [0.15, 0.2) is 6.04 Å². The predicted octanol–water partition coefficient (Wildman–Crippen LogP) is 1.86. The lowest BCUT2D eigenvalue weighted by Gasteiger charge is -2.15. The van der Waals surface area contributed by atoms with Crippen molar-refractivity contribution in [2.75, 3.05) is 0 Å². The van der Waals surface area contributed by atoms with Gasteiger partial charge < -0.3 is 0 Å². The molecule has 0 amide bonds. The van der Waals surface area contributed by atoms with E-state index in [2.05, 4.69) is 17.6 Å². The number of thiol groups is 1. The molecule has 0 aliphatic carbocycles. The molecular weight excluding hydrogens is 175 g/mol. The lowest BCUT2D eigenvalue weighted by molar-refractivity contribution is -0.136. The molecule has 1 rings (SSSR count). The van der Waals surface area contributed by atoms with Crippen LogP contribution in [0.4, 0.5) is 13.2 Å². The Morgan fingerprint density at radius 2 is 1.91 bits per heavy atom. The van der Waals surface area contributed by atoms with Crippen molar-refractivity contribution in [1.82, 2.24) is 0 Å². The average Bonchev–Trinajstić information content (AvgIpc) is 1.86. The van der Waals surface area contributed by atoms with Crippen LogP contribution in [-0.2, 0) is 0 Å². The molecule has 0 radical (unpaired) electrons. The minimum absolute atomic E-state index is 0.284. The number of hydrogen-bond donors (Lipinski definition) is 1. The molecule has 0 spiro atoms. The Kier molecular flexibility index (Phi) is 2.27. The maximum Gasteiger partial charge on any atom is 0.414 e. The van der Waals surface area contributed by atoms with Crippen LogP contribution in [0, 0.1) is 0 Å². The van der Waals surface area contributed by atoms with Gasteiger partial charge in [0.2, 0.25) is 0 Å². The topological polar surface area (TPSA) is 12.4 Å². The van der Waals surface area contributed by atoms with Crippen molar-refractivity contribution >= 4 is 18.8 Å². The minimum atomic E-state index is -4.26. The second kappa shape index (κ2) is 2.89. The molecule has 1 heterocycles. The first-order valence-corrected chi connectivity index (χ1v) is 3.48. The van der Waals surface area contributed by atoms with Gasteiger partial charge in [0.05, 0.1) is 5.25 Å². The summed E-state index contributed by atoms with van der Waals surface area (Å²) >= 11 is 3.89. The molecule has 0 N–H and O–H groups in total. The Bertz CT molecular complexity index is 182. The molecule has 0 aromatic heterocycles. The Morgan fingerprint density at radius 3 is 2.27 bits per heavy atom. The molecule has 0 fully saturated rings. The van der Waals surface area contributed by atoms with Gasteiger partial charge in [-0.05, 0) is 0 Å². The van der Waals surface area contributed by atoms with Crippen LogP contribution in [0.25, 0.3) is 0 Å². The summed E-state index contributed by atoms with van der Waals surface area (Å²) in [6.07, 6.45) is -0.700. The molecule has 0 aromatic rings. The summed E-state index contributed by atoms with van der Waals surface area (Å²) in [5.41, 5.74) is 0. The van der Waals surface area contributed by atoms with E-state index in [0.29, 0.717) is 0 Å². The largest absolute Gasteiger partial charge is 0.414 e. The number of rotatable bonds is 0. The highest BCUT2D eigenvalue weighted by atomic mass is 32.1. The monoisotopic (exact) mass is 181 g/mol. The molecule has 0 saturated heterocycles. The van der Waals surface area contributed by atoms with Gasteiger partial charge in [0.1, 0.15) is 0 Å². The van der Waals surface area contributed by atoms with Crippen LogP contribution in [0.3, 0.4) is 0 Å². The van der Waals surface area contributed by atoms with Crippen molar-refractivity contribution in [3.63, 3.8) is 0 Å². The Labute approximate surface area is 67.4 Å². The molecular formula is C6H6F3NS. The van der Waals surface area contributed by atoms with Gasteiger partial charge >= 0.3 is 6.18 Å². The van der Waals surface area contributed by atoms with Crippen LogP contribution in [-0.4, -0.2) is 23.7 Å². The van der Waals surface area contributed by atoms with Crippen molar-refractivity contribution in [1.29, 1.82) is 0 Å². The summed E-state index contributed by atoms with van der Waals surface area (Å²) < 4.78 is 35.6. The standard InChI is InChI=1S/C6H6F3NS/c7-6(8,9)5-2-1-4(11)3-10-5/h1-5,11H. The molecule has 0 bridgehead atoms. The van der Waals surface area contributed by atoms with Crippen molar-refractivity contribution in [3.05, 3.63) is 12.2 Å². The SMILES string of the molecule is FC(F)(F)C1C=CC(S)C=N1. The zero-order valence-electron chi connectivity index (χ0n) is 5.42. The van der Waals surface area contributed by atoms with E-state index in [1.165, 1.54) is 12.3 Å². The number of hydrogen-bond acceptors (Lipinski definition) is 2. The van der Waals surface area contributed by atoms with Crippen LogP contribution >= 0.6 is 12.6 Å². The number of alkyl halides is 3. The molecule has 2 unspecified atom stereocenters. The third-order valence-electron chi connectivity index (χ3n) is 1.23. The first kappa shape index (κ1) is 8.64. The molecule has 0 saturated carbocycles. The molecule has 5 heteroatoms. The number of aliphatic imine (C=N–C) groups is 1. The molecule has 0 aromatic carbocycles. The first-order valence-electron chi connectivity index (χ1n) is 2.96. The summed E-state index contributed by atoms with van der Waals surface area (Å²) in [4.78, 5) is 3.27. The van der Waals surface area contributed by atoms with Gasteiger partial charge in [-0.1, -0.05) is 12.2 Å². The summed E-state index contributed by atoms with van der Waals surface area (Å²) in [5, 5.41) is -0.284. The predicted molar refractivity (Wildman–Crippen MR) is 40.2 cm³/mol. The molecule has 11 heavy (non-hydrogen) atoms. The van der Waals surface area contributed by atoms with Gasteiger partial charge in [-0.25, -0.2) is 0 Å². The highest BCUT2D eigenvalue weighted by molar-refractivity contribution is 7.81. The Morgan fingerprint density at radius 1 is 1.27 bits per heavy atom.